The third kappa shape index (κ3) is 3.50. The number of primary sulfonamides is 1. The van der Waals surface area contributed by atoms with Crippen LogP contribution in [0.5, 0.6) is 0 Å². The molecular weight excluding hydrogens is 292 g/mol. The molecule has 0 aliphatic carbocycles. The van der Waals surface area contributed by atoms with Gasteiger partial charge in [0.05, 0.1) is 4.90 Å². The molecule has 3 N–H and O–H groups in total. The van der Waals surface area contributed by atoms with Gasteiger partial charge in [-0.15, -0.1) is 0 Å². The maximum atomic E-state index is 12.0. The summed E-state index contributed by atoms with van der Waals surface area (Å²) in [4.78, 5) is 12.0. The molecule has 0 aliphatic heterocycles. The van der Waals surface area contributed by atoms with E-state index in [1.807, 2.05) is 6.92 Å². The van der Waals surface area contributed by atoms with Crippen molar-refractivity contribution in [1.82, 2.24) is 0 Å². The zero-order valence-corrected chi connectivity index (χ0v) is 12.5. The Balaban J connectivity index is 2.26. The Hall–Kier alpha value is -2.12. The molecule has 0 bridgehead atoms. The first-order chi connectivity index (χ1) is 9.81. The molecule has 1 aromatic carbocycles. The van der Waals surface area contributed by atoms with E-state index in [0.29, 0.717) is 23.4 Å². The number of hydrogen-bond donors (Lipinski definition) is 2. The van der Waals surface area contributed by atoms with Crippen molar-refractivity contribution in [1.29, 1.82) is 0 Å². The molecule has 1 amide bonds. The standard InChI is InChI=1S/C14H16N2O4S/c1-3-11-6-7-12(20-11)14(17)16-10-5-4-9(2)13(8-10)21(15,18)19/h4-8H,3H2,1-2H3,(H,16,17)(H2,15,18,19). The van der Waals surface area contributed by atoms with E-state index in [4.69, 9.17) is 9.56 Å². The summed E-state index contributed by atoms with van der Waals surface area (Å²) in [5, 5.41) is 7.71. The molecule has 0 saturated carbocycles. The highest BCUT2D eigenvalue weighted by atomic mass is 32.2. The van der Waals surface area contributed by atoms with Crippen LogP contribution in [0.1, 0.15) is 28.8 Å². The largest absolute Gasteiger partial charge is 0.456 e. The number of furan rings is 1. The van der Waals surface area contributed by atoms with Gasteiger partial charge in [-0.25, -0.2) is 13.6 Å². The Kier molecular flexibility index (Phi) is 4.15. The lowest BCUT2D eigenvalue weighted by Gasteiger charge is -2.08. The maximum absolute atomic E-state index is 12.0. The molecule has 0 radical (unpaired) electrons. The normalized spacial score (nSPS) is 11.4. The third-order valence-electron chi connectivity index (χ3n) is 2.99. The van der Waals surface area contributed by atoms with Gasteiger partial charge in [0.15, 0.2) is 5.76 Å². The highest BCUT2D eigenvalue weighted by Crippen LogP contribution is 2.20. The van der Waals surface area contributed by atoms with E-state index < -0.39 is 15.9 Å². The first-order valence-electron chi connectivity index (χ1n) is 6.34. The first-order valence-corrected chi connectivity index (χ1v) is 7.89. The van der Waals surface area contributed by atoms with Crippen molar-refractivity contribution in [2.45, 2.75) is 25.2 Å². The molecule has 1 heterocycles. The van der Waals surface area contributed by atoms with Gasteiger partial charge in [-0.3, -0.25) is 4.79 Å². The highest BCUT2D eigenvalue weighted by Gasteiger charge is 2.15. The van der Waals surface area contributed by atoms with E-state index in [-0.39, 0.29) is 10.7 Å². The van der Waals surface area contributed by atoms with Crippen molar-refractivity contribution in [2.24, 2.45) is 5.14 Å². The lowest BCUT2D eigenvalue weighted by Crippen LogP contribution is -2.15. The third-order valence-corrected chi connectivity index (χ3v) is 4.04. The Morgan fingerprint density at radius 1 is 1.29 bits per heavy atom. The first kappa shape index (κ1) is 15.3. The highest BCUT2D eigenvalue weighted by molar-refractivity contribution is 7.89. The number of carbonyl (C=O) groups is 1. The monoisotopic (exact) mass is 308 g/mol. The molecule has 6 nitrogen and oxygen atoms in total. The average Bonchev–Trinajstić information content (AvgIpc) is 2.88. The van der Waals surface area contributed by atoms with Crippen LogP contribution < -0.4 is 10.5 Å². The molecule has 0 saturated heterocycles. The fourth-order valence-electron chi connectivity index (χ4n) is 1.87. The van der Waals surface area contributed by atoms with E-state index in [9.17, 15) is 13.2 Å². The van der Waals surface area contributed by atoms with Gasteiger partial charge in [0.2, 0.25) is 10.0 Å². The minimum absolute atomic E-state index is 0.0195. The zero-order chi connectivity index (χ0) is 15.6. The number of benzene rings is 1. The molecular formula is C14H16N2O4S. The molecule has 0 fully saturated rings. The fourth-order valence-corrected chi connectivity index (χ4v) is 2.68. The Labute approximate surface area is 123 Å². The number of nitrogens with one attached hydrogen (secondary N) is 1. The molecule has 0 unspecified atom stereocenters. The molecule has 0 spiro atoms. The predicted molar refractivity (Wildman–Crippen MR) is 78.6 cm³/mol. The minimum Gasteiger partial charge on any atom is -0.456 e. The summed E-state index contributed by atoms with van der Waals surface area (Å²) in [7, 11) is -3.83. The zero-order valence-electron chi connectivity index (χ0n) is 11.7. The average molecular weight is 308 g/mol. The van der Waals surface area contributed by atoms with Crippen molar-refractivity contribution >= 4 is 21.6 Å². The van der Waals surface area contributed by atoms with Gasteiger partial charge in [-0.05, 0) is 36.8 Å². The van der Waals surface area contributed by atoms with Crippen LogP contribution >= 0.6 is 0 Å². The molecule has 2 rings (SSSR count). The summed E-state index contributed by atoms with van der Waals surface area (Å²) in [5.74, 6) is 0.429. The number of aryl methyl sites for hydroxylation is 2. The van der Waals surface area contributed by atoms with Gasteiger partial charge < -0.3 is 9.73 Å². The summed E-state index contributed by atoms with van der Waals surface area (Å²) < 4.78 is 28.2. The second-order valence-electron chi connectivity index (χ2n) is 4.60. The van der Waals surface area contributed by atoms with Gasteiger partial charge in [-0.1, -0.05) is 13.0 Å². The van der Waals surface area contributed by atoms with Crippen molar-refractivity contribution in [3.05, 3.63) is 47.4 Å². The van der Waals surface area contributed by atoms with Crippen molar-refractivity contribution in [3.63, 3.8) is 0 Å². The Bertz CT molecular complexity index is 778. The summed E-state index contributed by atoms with van der Waals surface area (Å²) in [6.07, 6.45) is 0.688. The van der Waals surface area contributed by atoms with Gasteiger partial charge in [0, 0.05) is 12.1 Å². The Morgan fingerprint density at radius 3 is 2.57 bits per heavy atom. The van der Waals surface area contributed by atoms with E-state index >= 15 is 0 Å². The van der Waals surface area contributed by atoms with E-state index in [2.05, 4.69) is 5.32 Å². The van der Waals surface area contributed by atoms with Crippen LogP contribution in [0.4, 0.5) is 5.69 Å². The second-order valence-corrected chi connectivity index (χ2v) is 6.13. The van der Waals surface area contributed by atoms with Crippen LogP contribution in [0.3, 0.4) is 0 Å². The van der Waals surface area contributed by atoms with E-state index in [0.717, 1.165) is 0 Å². The van der Waals surface area contributed by atoms with E-state index in [1.54, 1.807) is 31.2 Å². The lowest BCUT2D eigenvalue weighted by atomic mass is 10.2. The number of sulfonamides is 1. The fraction of sp³-hybridized carbons (Fsp3) is 0.214. The van der Waals surface area contributed by atoms with Crippen molar-refractivity contribution in [2.75, 3.05) is 5.32 Å². The van der Waals surface area contributed by atoms with Crippen LogP contribution in [0, 0.1) is 6.92 Å². The van der Waals surface area contributed by atoms with Crippen LogP contribution in [0.15, 0.2) is 39.6 Å². The number of anilines is 1. The molecule has 21 heavy (non-hydrogen) atoms. The van der Waals surface area contributed by atoms with Crippen LogP contribution in [0.2, 0.25) is 0 Å². The quantitative estimate of drug-likeness (QED) is 0.902. The molecule has 7 heteroatoms. The number of rotatable bonds is 4. The number of amides is 1. The van der Waals surface area contributed by atoms with Crippen molar-refractivity contribution in [3.8, 4) is 0 Å². The topological polar surface area (TPSA) is 102 Å². The number of nitrogens with two attached hydrogens (primary N) is 1. The summed E-state index contributed by atoms with van der Waals surface area (Å²) in [6.45, 7) is 3.55. The predicted octanol–water partition coefficient (Wildman–Crippen LogP) is 2.05. The second kappa shape index (κ2) is 5.71. The smallest absolute Gasteiger partial charge is 0.291 e. The number of hydrogen-bond acceptors (Lipinski definition) is 4. The van der Waals surface area contributed by atoms with Gasteiger partial charge >= 0.3 is 0 Å². The van der Waals surface area contributed by atoms with Gasteiger partial charge in [0.1, 0.15) is 5.76 Å². The summed E-state index contributed by atoms with van der Waals surface area (Å²) in [6, 6.07) is 7.80. The van der Waals surface area contributed by atoms with Gasteiger partial charge in [-0.2, -0.15) is 0 Å². The van der Waals surface area contributed by atoms with Crippen molar-refractivity contribution < 1.29 is 17.6 Å². The molecule has 2 aromatic rings. The van der Waals surface area contributed by atoms with Crippen LogP contribution in [-0.2, 0) is 16.4 Å². The molecule has 0 atom stereocenters. The lowest BCUT2D eigenvalue weighted by molar-refractivity contribution is 0.0995. The van der Waals surface area contributed by atoms with Crippen LogP contribution in [0.25, 0.3) is 0 Å². The van der Waals surface area contributed by atoms with Gasteiger partial charge in [0.25, 0.3) is 5.91 Å². The number of carbonyl (C=O) groups excluding carboxylic acids is 1. The maximum Gasteiger partial charge on any atom is 0.291 e. The summed E-state index contributed by atoms with van der Waals surface area (Å²) in [5.41, 5.74) is 0.853. The minimum atomic E-state index is -3.83. The SMILES string of the molecule is CCc1ccc(C(=O)Nc2ccc(C)c(S(N)(=O)=O)c2)o1. The molecule has 0 aliphatic rings. The molecule has 1 aromatic heterocycles. The summed E-state index contributed by atoms with van der Waals surface area (Å²) >= 11 is 0. The van der Waals surface area contributed by atoms with E-state index in [1.165, 1.54) is 6.07 Å². The Morgan fingerprint density at radius 2 is 2.00 bits per heavy atom. The van der Waals surface area contributed by atoms with Crippen LogP contribution in [-0.4, -0.2) is 14.3 Å². The molecule has 112 valence electrons.